The Bertz CT molecular complexity index is 932. The van der Waals surface area contributed by atoms with E-state index in [4.69, 9.17) is 9.47 Å². The molecule has 4 rings (SSSR count). The highest BCUT2D eigenvalue weighted by molar-refractivity contribution is 5.74. The zero-order chi connectivity index (χ0) is 27.8. The Morgan fingerprint density at radius 2 is 1.77 bits per heavy atom. The van der Waals surface area contributed by atoms with Crippen LogP contribution >= 0.6 is 0 Å². The minimum absolute atomic E-state index is 0.154. The van der Waals surface area contributed by atoms with E-state index in [0.717, 1.165) is 65.0 Å². The largest absolute Gasteiger partial charge is 0.444 e. The summed E-state index contributed by atoms with van der Waals surface area (Å²) in [6.07, 6.45) is 5.66. The molecule has 3 aliphatic rings. The molecular weight excluding hydrogens is 499 g/mol. The van der Waals surface area contributed by atoms with Gasteiger partial charge in [-0.05, 0) is 101 Å². The second-order valence-electron chi connectivity index (χ2n) is 12.6. The highest BCUT2D eigenvalue weighted by Crippen LogP contribution is 2.26. The SMILES string of the molecule is CC(C)(C)OC(=O)N1CC[C@@H](CN2CCC[C@@H](Cc3ccc(F)cc3)C2)[C@@H](NC(=O)NCC2CCOCC2)C1. The Balaban J connectivity index is 1.35. The van der Waals surface area contributed by atoms with Gasteiger partial charge in [-0.25, -0.2) is 14.0 Å². The van der Waals surface area contributed by atoms with E-state index in [-0.39, 0.29) is 29.9 Å². The van der Waals surface area contributed by atoms with Crippen LogP contribution in [0, 0.1) is 23.6 Å². The van der Waals surface area contributed by atoms with Crippen LogP contribution in [0.15, 0.2) is 24.3 Å². The topological polar surface area (TPSA) is 83.1 Å². The summed E-state index contributed by atoms with van der Waals surface area (Å²) in [7, 11) is 0. The van der Waals surface area contributed by atoms with Gasteiger partial charge in [0.1, 0.15) is 11.4 Å². The maximum absolute atomic E-state index is 13.3. The van der Waals surface area contributed by atoms with Gasteiger partial charge < -0.3 is 29.9 Å². The minimum Gasteiger partial charge on any atom is -0.444 e. The van der Waals surface area contributed by atoms with Gasteiger partial charge in [0.05, 0.1) is 6.04 Å². The number of hydrogen-bond acceptors (Lipinski definition) is 5. The van der Waals surface area contributed by atoms with Gasteiger partial charge in [-0.2, -0.15) is 0 Å². The average Bonchev–Trinajstić information content (AvgIpc) is 2.90. The van der Waals surface area contributed by atoms with Crippen LogP contribution in [0.5, 0.6) is 0 Å². The Labute approximate surface area is 233 Å². The van der Waals surface area contributed by atoms with Gasteiger partial charge in [0, 0.05) is 45.9 Å². The molecule has 39 heavy (non-hydrogen) atoms. The van der Waals surface area contributed by atoms with E-state index in [0.29, 0.717) is 31.5 Å². The van der Waals surface area contributed by atoms with Crippen LogP contribution in [0.3, 0.4) is 0 Å². The summed E-state index contributed by atoms with van der Waals surface area (Å²) < 4.78 is 24.4. The van der Waals surface area contributed by atoms with Crippen molar-refractivity contribution < 1.29 is 23.5 Å². The summed E-state index contributed by atoms with van der Waals surface area (Å²) in [5, 5.41) is 6.27. The predicted octanol–water partition coefficient (Wildman–Crippen LogP) is 4.43. The van der Waals surface area contributed by atoms with E-state index in [1.807, 2.05) is 32.9 Å². The van der Waals surface area contributed by atoms with Crippen molar-refractivity contribution in [3.63, 3.8) is 0 Å². The van der Waals surface area contributed by atoms with E-state index in [1.54, 1.807) is 4.90 Å². The van der Waals surface area contributed by atoms with Gasteiger partial charge in [-0.15, -0.1) is 0 Å². The number of hydrogen-bond donors (Lipinski definition) is 2. The van der Waals surface area contributed by atoms with Crippen molar-refractivity contribution in [3.05, 3.63) is 35.6 Å². The van der Waals surface area contributed by atoms with Crippen molar-refractivity contribution in [2.75, 3.05) is 52.5 Å². The molecule has 0 unspecified atom stereocenters. The number of benzene rings is 1. The van der Waals surface area contributed by atoms with E-state index in [1.165, 1.54) is 24.1 Å². The van der Waals surface area contributed by atoms with Gasteiger partial charge in [0.15, 0.2) is 0 Å². The van der Waals surface area contributed by atoms with Crippen LogP contribution in [0.1, 0.15) is 58.4 Å². The minimum atomic E-state index is -0.564. The highest BCUT2D eigenvalue weighted by Gasteiger charge is 2.36. The molecule has 218 valence electrons. The summed E-state index contributed by atoms with van der Waals surface area (Å²) >= 11 is 0. The molecule has 3 atom stereocenters. The zero-order valence-corrected chi connectivity index (χ0v) is 23.9. The first-order valence-electron chi connectivity index (χ1n) is 14.7. The average molecular weight is 547 g/mol. The standard InChI is InChI=1S/C30H47FN4O4/c1-30(2,3)39-29(37)35-14-10-25(27(21-35)33-28(36)32-18-23-11-15-38-16-12-23)20-34-13-4-5-24(19-34)17-22-6-8-26(31)9-7-22/h6-9,23-25,27H,4-5,10-21H2,1-3H3,(H2,32,33,36)/t24-,25-,27-/m0/s1. The molecule has 9 heteroatoms. The number of nitrogens with zero attached hydrogens (tertiary/aromatic N) is 2. The summed E-state index contributed by atoms with van der Waals surface area (Å²) in [5.74, 6) is 1.01. The first-order chi connectivity index (χ1) is 18.6. The van der Waals surface area contributed by atoms with E-state index in [9.17, 15) is 14.0 Å². The maximum atomic E-state index is 13.3. The summed E-state index contributed by atoms with van der Waals surface area (Å²) in [6, 6.07) is 6.53. The third kappa shape index (κ3) is 9.64. The number of carbonyl (C=O) groups is 2. The van der Waals surface area contributed by atoms with Crippen LogP contribution in [-0.2, 0) is 15.9 Å². The quantitative estimate of drug-likeness (QED) is 0.529. The van der Waals surface area contributed by atoms with E-state index >= 15 is 0 Å². The van der Waals surface area contributed by atoms with Crippen LogP contribution in [0.4, 0.5) is 14.0 Å². The van der Waals surface area contributed by atoms with Gasteiger partial charge >= 0.3 is 12.1 Å². The smallest absolute Gasteiger partial charge is 0.410 e. The molecule has 8 nitrogen and oxygen atoms in total. The molecule has 1 aromatic rings. The van der Waals surface area contributed by atoms with Crippen molar-refractivity contribution in [2.45, 2.75) is 70.9 Å². The first kappa shape index (κ1) is 29.6. The number of piperidine rings is 2. The molecule has 0 spiro atoms. The molecule has 3 heterocycles. The lowest BCUT2D eigenvalue weighted by Gasteiger charge is -2.42. The normalized spacial score (nSPS) is 25.2. The molecule has 0 radical (unpaired) electrons. The molecule has 0 saturated carbocycles. The molecule has 0 bridgehead atoms. The lowest BCUT2D eigenvalue weighted by Crippen LogP contribution is -2.59. The van der Waals surface area contributed by atoms with Gasteiger partial charge in [-0.3, -0.25) is 0 Å². The van der Waals surface area contributed by atoms with Crippen molar-refractivity contribution in [1.29, 1.82) is 0 Å². The predicted molar refractivity (Wildman–Crippen MR) is 149 cm³/mol. The summed E-state index contributed by atoms with van der Waals surface area (Å²) in [4.78, 5) is 30.0. The summed E-state index contributed by atoms with van der Waals surface area (Å²) in [6.45, 7) is 11.7. The molecule has 3 saturated heterocycles. The molecule has 2 N–H and O–H groups in total. The molecule has 3 amide bonds. The first-order valence-corrected chi connectivity index (χ1v) is 14.7. The van der Waals surface area contributed by atoms with Crippen molar-refractivity contribution >= 4 is 12.1 Å². The van der Waals surface area contributed by atoms with E-state index < -0.39 is 5.60 Å². The number of ether oxygens (including phenoxy) is 2. The van der Waals surface area contributed by atoms with Crippen LogP contribution in [0.25, 0.3) is 0 Å². The number of amides is 3. The number of urea groups is 1. The van der Waals surface area contributed by atoms with Crippen LogP contribution in [0.2, 0.25) is 0 Å². The third-order valence-electron chi connectivity index (χ3n) is 8.15. The van der Waals surface area contributed by atoms with E-state index in [2.05, 4.69) is 15.5 Å². The molecule has 3 aliphatic heterocycles. The lowest BCUT2D eigenvalue weighted by molar-refractivity contribution is 0.0112. The van der Waals surface area contributed by atoms with Gasteiger partial charge in [0.2, 0.25) is 0 Å². The molecular formula is C30H47FN4O4. The fraction of sp³-hybridized carbons (Fsp3) is 0.733. The van der Waals surface area contributed by atoms with Crippen molar-refractivity contribution in [3.8, 4) is 0 Å². The van der Waals surface area contributed by atoms with Gasteiger partial charge in [-0.1, -0.05) is 12.1 Å². The maximum Gasteiger partial charge on any atom is 0.410 e. The lowest BCUT2D eigenvalue weighted by atomic mass is 9.87. The number of carbonyl (C=O) groups excluding carboxylic acids is 2. The molecule has 0 aliphatic carbocycles. The highest BCUT2D eigenvalue weighted by atomic mass is 19.1. The number of rotatable bonds is 7. The Kier molecular flexibility index (Phi) is 10.5. The molecule has 3 fully saturated rings. The van der Waals surface area contributed by atoms with Crippen LogP contribution < -0.4 is 10.6 Å². The summed E-state index contributed by atoms with van der Waals surface area (Å²) in [5.41, 5.74) is 0.611. The second kappa shape index (κ2) is 13.8. The fourth-order valence-corrected chi connectivity index (χ4v) is 6.05. The fourth-order valence-electron chi connectivity index (χ4n) is 6.05. The third-order valence-corrected chi connectivity index (χ3v) is 8.15. The van der Waals surface area contributed by atoms with Crippen LogP contribution in [-0.4, -0.2) is 86.0 Å². The zero-order valence-electron chi connectivity index (χ0n) is 23.9. The second-order valence-corrected chi connectivity index (χ2v) is 12.6. The van der Waals surface area contributed by atoms with Gasteiger partial charge in [0.25, 0.3) is 0 Å². The number of likely N-dealkylation sites (tertiary alicyclic amines) is 2. The molecule has 1 aromatic carbocycles. The van der Waals surface area contributed by atoms with Crippen molar-refractivity contribution in [1.82, 2.24) is 20.4 Å². The monoisotopic (exact) mass is 546 g/mol. The Morgan fingerprint density at radius 1 is 1.03 bits per heavy atom. The number of halogens is 1. The Hall–Kier alpha value is -2.39. The molecule has 0 aromatic heterocycles. The number of nitrogens with one attached hydrogen (secondary N) is 2. The van der Waals surface area contributed by atoms with Crippen molar-refractivity contribution in [2.24, 2.45) is 17.8 Å². The Morgan fingerprint density at radius 3 is 2.49 bits per heavy atom.